The zero-order valence-electron chi connectivity index (χ0n) is 16.8. The average molecular weight is 460 g/mol. The van der Waals surface area contributed by atoms with Gasteiger partial charge in [0.15, 0.2) is 0 Å². The standard InChI is InChI=1S/C23H26BrNO4/c1-23(2)27-15-19-13-18(6-7-20(19)29-23)21-14-25(22(26)28-21)11-9-17-5-3-4-16(12-17)8-10-24/h3-7,12-13,21H,8-11,14-15H2,1-2H3/t21-/m0/s1. The lowest BCUT2D eigenvalue weighted by atomic mass is 10.0. The van der Waals surface area contributed by atoms with Crippen molar-refractivity contribution in [2.24, 2.45) is 0 Å². The number of amides is 1. The Morgan fingerprint density at radius 2 is 1.93 bits per heavy atom. The van der Waals surface area contributed by atoms with Crippen LogP contribution in [0.2, 0.25) is 0 Å². The summed E-state index contributed by atoms with van der Waals surface area (Å²) in [5.41, 5.74) is 4.51. The third-order valence-corrected chi connectivity index (χ3v) is 5.72. The summed E-state index contributed by atoms with van der Waals surface area (Å²) in [5, 5.41) is 0.949. The number of alkyl halides is 1. The molecule has 1 amide bonds. The highest BCUT2D eigenvalue weighted by atomic mass is 79.9. The largest absolute Gasteiger partial charge is 0.463 e. The number of cyclic esters (lactones) is 1. The van der Waals surface area contributed by atoms with E-state index >= 15 is 0 Å². The Bertz CT molecular complexity index is 898. The summed E-state index contributed by atoms with van der Waals surface area (Å²) in [6.07, 6.45) is 1.31. The molecule has 2 aromatic rings. The van der Waals surface area contributed by atoms with Crippen molar-refractivity contribution < 1.29 is 19.0 Å². The van der Waals surface area contributed by atoms with Crippen molar-refractivity contribution in [2.75, 3.05) is 18.4 Å². The fourth-order valence-corrected chi connectivity index (χ4v) is 4.19. The molecule has 1 fully saturated rings. The molecule has 0 unspecified atom stereocenters. The molecule has 4 rings (SSSR count). The summed E-state index contributed by atoms with van der Waals surface area (Å²) in [6, 6.07) is 14.5. The van der Waals surface area contributed by atoms with Crippen LogP contribution in [0.5, 0.6) is 5.75 Å². The van der Waals surface area contributed by atoms with E-state index in [1.165, 1.54) is 11.1 Å². The van der Waals surface area contributed by atoms with E-state index in [4.69, 9.17) is 14.2 Å². The maximum atomic E-state index is 12.4. The monoisotopic (exact) mass is 459 g/mol. The van der Waals surface area contributed by atoms with Crippen LogP contribution in [-0.4, -0.2) is 35.2 Å². The second kappa shape index (κ2) is 8.36. The second-order valence-corrected chi connectivity index (χ2v) is 8.78. The number of carbonyl (C=O) groups excluding carboxylic acids is 1. The Morgan fingerprint density at radius 1 is 1.14 bits per heavy atom. The minimum absolute atomic E-state index is 0.252. The number of benzene rings is 2. The second-order valence-electron chi connectivity index (χ2n) is 7.99. The molecule has 5 nitrogen and oxygen atoms in total. The van der Waals surface area contributed by atoms with Crippen LogP contribution in [0.1, 0.15) is 42.2 Å². The number of hydrogen-bond acceptors (Lipinski definition) is 4. The number of halogens is 1. The summed E-state index contributed by atoms with van der Waals surface area (Å²) in [5.74, 6) is 0.214. The number of aryl methyl sites for hydroxylation is 1. The molecule has 0 saturated carbocycles. The molecule has 0 radical (unpaired) electrons. The number of nitrogens with zero attached hydrogens (tertiary/aromatic N) is 1. The van der Waals surface area contributed by atoms with E-state index in [-0.39, 0.29) is 12.2 Å². The van der Waals surface area contributed by atoms with Crippen LogP contribution in [0.15, 0.2) is 42.5 Å². The molecule has 2 aliphatic heterocycles. The van der Waals surface area contributed by atoms with Gasteiger partial charge < -0.3 is 19.1 Å². The van der Waals surface area contributed by atoms with Crippen LogP contribution in [0, 0.1) is 0 Å². The molecule has 0 aromatic heterocycles. The lowest BCUT2D eigenvalue weighted by Gasteiger charge is -2.32. The molecule has 1 atom stereocenters. The SMILES string of the molecule is CC1(C)OCc2cc([C@@H]3CN(CCc4cccc(CCBr)c4)C(=O)O3)ccc2O1. The molecule has 6 heteroatoms. The van der Waals surface area contributed by atoms with Crippen LogP contribution in [0.25, 0.3) is 0 Å². The van der Waals surface area contributed by atoms with Gasteiger partial charge in [-0.05, 0) is 41.7 Å². The summed E-state index contributed by atoms with van der Waals surface area (Å²) in [7, 11) is 0. The van der Waals surface area contributed by atoms with E-state index in [0.717, 1.165) is 35.0 Å². The van der Waals surface area contributed by atoms with E-state index in [1.807, 2.05) is 32.0 Å². The first-order valence-corrected chi connectivity index (χ1v) is 11.1. The fourth-order valence-electron chi connectivity index (χ4n) is 3.74. The first kappa shape index (κ1) is 20.2. The van der Waals surface area contributed by atoms with Gasteiger partial charge in [-0.3, -0.25) is 0 Å². The number of hydrogen-bond donors (Lipinski definition) is 0. The predicted octanol–water partition coefficient (Wildman–Crippen LogP) is 5.01. The normalized spacial score (nSPS) is 20.2. The summed E-state index contributed by atoms with van der Waals surface area (Å²) in [6.45, 7) is 5.50. The van der Waals surface area contributed by atoms with Crippen LogP contribution < -0.4 is 4.74 Å². The lowest BCUT2D eigenvalue weighted by molar-refractivity contribution is -0.180. The Hall–Kier alpha value is -2.05. The fraction of sp³-hybridized carbons (Fsp3) is 0.435. The van der Waals surface area contributed by atoms with Crippen molar-refractivity contribution in [1.82, 2.24) is 4.90 Å². The van der Waals surface area contributed by atoms with Crippen molar-refractivity contribution in [3.05, 3.63) is 64.7 Å². The van der Waals surface area contributed by atoms with Gasteiger partial charge in [0, 0.05) is 31.3 Å². The zero-order valence-corrected chi connectivity index (χ0v) is 18.4. The average Bonchev–Trinajstić information content (AvgIpc) is 3.06. The molecular weight excluding hydrogens is 434 g/mol. The molecule has 0 aliphatic carbocycles. The topological polar surface area (TPSA) is 48.0 Å². The van der Waals surface area contributed by atoms with Crippen molar-refractivity contribution in [2.45, 2.75) is 45.2 Å². The Kier molecular flexibility index (Phi) is 5.83. The van der Waals surface area contributed by atoms with E-state index in [2.05, 4.69) is 40.2 Å². The van der Waals surface area contributed by atoms with E-state index in [1.54, 1.807) is 4.90 Å². The highest BCUT2D eigenvalue weighted by Crippen LogP contribution is 2.35. The third kappa shape index (κ3) is 4.75. The number of ether oxygens (including phenoxy) is 3. The maximum Gasteiger partial charge on any atom is 0.410 e. The molecule has 2 aliphatic rings. The van der Waals surface area contributed by atoms with Crippen molar-refractivity contribution in [3.63, 3.8) is 0 Å². The highest BCUT2D eigenvalue weighted by molar-refractivity contribution is 9.09. The zero-order chi connectivity index (χ0) is 20.4. The van der Waals surface area contributed by atoms with Gasteiger partial charge in [0.2, 0.25) is 5.79 Å². The molecule has 0 spiro atoms. The minimum Gasteiger partial charge on any atom is -0.463 e. The minimum atomic E-state index is -0.614. The lowest BCUT2D eigenvalue weighted by Crippen LogP contribution is -2.35. The van der Waals surface area contributed by atoms with E-state index in [0.29, 0.717) is 19.7 Å². The van der Waals surface area contributed by atoms with Crippen molar-refractivity contribution in [1.29, 1.82) is 0 Å². The van der Waals surface area contributed by atoms with Gasteiger partial charge in [0.05, 0.1) is 13.2 Å². The molecular formula is C23H26BrNO4. The third-order valence-electron chi connectivity index (χ3n) is 5.32. The van der Waals surface area contributed by atoms with Crippen LogP contribution in [0.4, 0.5) is 4.79 Å². The molecule has 2 heterocycles. The molecule has 2 aromatic carbocycles. The summed E-state index contributed by atoms with van der Waals surface area (Å²) >= 11 is 3.48. The maximum absolute atomic E-state index is 12.4. The Balaban J connectivity index is 1.39. The van der Waals surface area contributed by atoms with Gasteiger partial charge in [-0.2, -0.15) is 0 Å². The van der Waals surface area contributed by atoms with E-state index in [9.17, 15) is 4.79 Å². The van der Waals surface area contributed by atoms with Gasteiger partial charge in [0.25, 0.3) is 0 Å². The van der Waals surface area contributed by atoms with Crippen LogP contribution in [-0.2, 0) is 28.9 Å². The van der Waals surface area contributed by atoms with Gasteiger partial charge in [-0.1, -0.05) is 46.3 Å². The summed E-state index contributed by atoms with van der Waals surface area (Å²) < 4.78 is 17.2. The Morgan fingerprint density at radius 3 is 2.72 bits per heavy atom. The van der Waals surface area contributed by atoms with Gasteiger partial charge in [0.1, 0.15) is 11.9 Å². The molecule has 1 saturated heterocycles. The first-order chi connectivity index (χ1) is 13.9. The molecule has 0 N–H and O–H groups in total. The number of fused-ring (bicyclic) bond motifs is 1. The van der Waals surface area contributed by atoms with Crippen molar-refractivity contribution >= 4 is 22.0 Å². The Labute approximate surface area is 180 Å². The number of carbonyl (C=O) groups is 1. The van der Waals surface area contributed by atoms with Crippen LogP contribution in [0.3, 0.4) is 0 Å². The van der Waals surface area contributed by atoms with Crippen LogP contribution >= 0.6 is 15.9 Å². The molecule has 154 valence electrons. The number of rotatable bonds is 6. The van der Waals surface area contributed by atoms with Crippen molar-refractivity contribution in [3.8, 4) is 5.75 Å². The molecule has 0 bridgehead atoms. The van der Waals surface area contributed by atoms with E-state index < -0.39 is 5.79 Å². The quantitative estimate of drug-likeness (QED) is 0.569. The highest BCUT2D eigenvalue weighted by Gasteiger charge is 2.33. The predicted molar refractivity (Wildman–Crippen MR) is 114 cm³/mol. The first-order valence-electron chi connectivity index (χ1n) is 9.99. The smallest absolute Gasteiger partial charge is 0.410 e. The molecule has 29 heavy (non-hydrogen) atoms. The van der Waals surface area contributed by atoms with Gasteiger partial charge in [-0.25, -0.2) is 4.79 Å². The van der Waals surface area contributed by atoms with Gasteiger partial charge >= 0.3 is 6.09 Å². The van der Waals surface area contributed by atoms with Gasteiger partial charge in [-0.15, -0.1) is 0 Å². The summed E-state index contributed by atoms with van der Waals surface area (Å²) in [4.78, 5) is 14.2.